The molecule has 5 nitrogen and oxygen atoms in total. The molecule has 3 aliphatic rings. The number of fused-ring (bicyclic) bond motifs is 1. The van der Waals surface area contributed by atoms with Gasteiger partial charge in [-0.25, -0.2) is 4.98 Å². The molecule has 0 radical (unpaired) electrons. The highest BCUT2D eigenvalue weighted by Gasteiger charge is 2.26. The summed E-state index contributed by atoms with van der Waals surface area (Å²) in [6.07, 6.45) is 6.65. The minimum absolute atomic E-state index is 0.184. The highest BCUT2D eigenvalue weighted by Crippen LogP contribution is 2.35. The number of aromatic nitrogens is 1. The van der Waals surface area contributed by atoms with Gasteiger partial charge < -0.3 is 16.0 Å². The predicted molar refractivity (Wildman–Crippen MR) is 142 cm³/mol. The molecule has 0 unspecified atom stereocenters. The van der Waals surface area contributed by atoms with Crippen molar-refractivity contribution in [2.24, 2.45) is 5.92 Å². The van der Waals surface area contributed by atoms with Crippen molar-refractivity contribution < 1.29 is 4.39 Å². The van der Waals surface area contributed by atoms with Crippen LogP contribution in [0.4, 0.5) is 15.9 Å². The number of nitrogen functional groups attached to an aromatic ring is 1. The van der Waals surface area contributed by atoms with Crippen molar-refractivity contribution in [2.45, 2.75) is 12.8 Å². The van der Waals surface area contributed by atoms with E-state index in [4.69, 9.17) is 5.73 Å². The third kappa shape index (κ3) is 4.42. The molecule has 0 spiro atoms. The summed E-state index contributed by atoms with van der Waals surface area (Å²) in [4.78, 5) is 9.05. The average Bonchev–Trinajstić information content (AvgIpc) is 3.69. The molecule has 2 aliphatic heterocycles. The molecule has 0 amide bonds. The summed E-state index contributed by atoms with van der Waals surface area (Å²) in [5.41, 5.74) is 13.1. The van der Waals surface area contributed by atoms with Crippen LogP contribution in [0.5, 0.6) is 0 Å². The van der Waals surface area contributed by atoms with Crippen LogP contribution >= 0.6 is 0 Å². The van der Waals surface area contributed by atoms with E-state index in [9.17, 15) is 4.39 Å². The molecule has 3 aromatic rings. The number of rotatable bonds is 5. The van der Waals surface area contributed by atoms with Gasteiger partial charge in [0, 0.05) is 67.0 Å². The van der Waals surface area contributed by atoms with Crippen molar-refractivity contribution in [3.8, 4) is 22.3 Å². The van der Waals surface area contributed by atoms with E-state index in [1.807, 2.05) is 48.7 Å². The summed E-state index contributed by atoms with van der Waals surface area (Å²) >= 11 is 0. The van der Waals surface area contributed by atoms with E-state index >= 15 is 0 Å². The summed E-state index contributed by atoms with van der Waals surface area (Å²) in [7, 11) is 0. The molecule has 2 aromatic carbocycles. The van der Waals surface area contributed by atoms with Gasteiger partial charge in [0.15, 0.2) is 0 Å². The van der Waals surface area contributed by atoms with Gasteiger partial charge in [0.25, 0.3) is 0 Å². The Hall–Kier alpha value is -3.64. The number of hydrogen-bond acceptors (Lipinski definition) is 5. The monoisotopic (exact) mass is 467 g/mol. The normalized spacial score (nSPS) is 17.9. The standard InChI is InChI=1S/C29H30FN5/c1-19-25-9-6-22(16-23(25)10-11-32-19)27-17-26(28(30)33-29(27)31)21-4-7-24(8-5-21)35-14-12-34(13-15-35)18-20-2-3-20/h4-11,16-17,20,32H,1-3,12-15,18H2,(H2,31,33). The lowest BCUT2D eigenvalue weighted by atomic mass is 9.95. The first-order valence-corrected chi connectivity index (χ1v) is 12.4. The number of nitrogens with zero attached hydrogens (tertiary/aromatic N) is 3. The Balaban J connectivity index is 1.24. The maximum Gasteiger partial charge on any atom is 0.222 e. The first-order chi connectivity index (χ1) is 17.0. The smallest absolute Gasteiger partial charge is 0.222 e. The summed E-state index contributed by atoms with van der Waals surface area (Å²) in [5.74, 6) is 0.565. The zero-order valence-electron chi connectivity index (χ0n) is 19.8. The first kappa shape index (κ1) is 21.9. The Kier molecular flexibility index (Phi) is 5.53. The molecule has 0 bridgehead atoms. The Morgan fingerprint density at radius 2 is 1.69 bits per heavy atom. The highest BCUT2D eigenvalue weighted by molar-refractivity contribution is 5.84. The van der Waals surface area contributed by atoms with E-state index in [0.29, 0.717) is 5.56 Å². The predicted octanol–water partition coefficient (Wildman–Crippen LogP) is 5.21. The molecule has 3 heterocycles. The molecule has 2 fully saturated rings. The van der Waals surface area contributed by atoms with Gasteiger partial charge in [-0.15, -0.1) is 0 Å². The lowest BCUT2D eigenvalue weighted by Gasteiger charge is -2.36. The van der Waals surface area contributed by atoms with E-state index in [0.717, 1.165) is 65.6 Å². The van der Waals surface area contributed by atoms with Crippen molar-refractivity contribution in [3.63, 3.8) is 0 Å². The van der Waals surface area contributed by atoms with Crippen LogP contribution in [0, 0.1) is 11.9 Å². The van der Waals surface area contributed by atoms with E-state index in [1.54, 1.807) is 0 Å². The molecule has 1 aromatic heterocycles. The van der Waals surface area contributed by atoms with Crippen LogP contribution in [0.25, 0.3) is 34.0 Å². The van der Waals surface area contributed by atoms with Crippen molar-refractivity contribution in [1.29, 1.82) is 0 Å². The van der Waals surface area contributed by atoms with Gasteiger partial charge in [0.2, 0.25) is 5.95 Å². The molecule has 1 saturated heterocycles. The first-order valence-electron chi connectivity index (χ1n) is 12.4. The molecule has 1 aliphatic carbocycles. The van der Waals surface area contributed by atoms with E-state index in [-0.39, 0.29) is 5.82 Å². The van der Waals surface area contributed by atoms with Crippen LogP contribution < -0.4 is 16.0 Å². The van der Waals surface area contributed by atoms with Gasteiger partial charge in [0.1, 0.15) is 5.82 Å². The van der Waals surface area contributed by atoms with Gasteiger partial charge >= 0.3 is 0 Å². The molecule has 0 atom stereocenters. The molecule has 35 heavy (non-hydrogen) atoms. The lowest BCUT2D eigenvalue weighted by molar-refractivity contribution is 0.248. The van der Waals surface area contributed by atoms with Gasteiger partial charge in [-0.2, -0.15) is 4.39 Å². The van der Waals surface area contributed by atoms with Crippen molar-refractivity contribution in [3.05, 3.63) is 78.4 Å². The number of hydrogen-bond donors (Lipinski definition) is 2. The molecule has 6 rings (SSSR count). The van der Waals surface area contributed by atoms with Gasteiger partial charge in [-0.05, 0) is 65.8 Å². The van der Waals surface area contributed by atoms with Gasteiger partial charge in [-0.3, -0.25) is 4.90 Å². The second-order valence-corrected chi connectivity index (χ2v) is 9.80. The fourth-order valence-corrected chi connectivity index (χ4v) is 5.10. The maximum atomic E-state index is 14.9. The molecule has 6 heteroatoms. The fourth-order valence-electron chi connectivity index (χ4n) is 5.10. The fraction of sp³-hybridized carbons (Fsp3) is 0.276. The molecule has 1 saturated carbocycles. The number of nitrogens with two attached hydrogens (primary N) is 1. The maximum absolute atomic E-state index is 14.9. The van der Waals surface area contributed by atoms with Crippen LogP contribution in [-0.4, -0.2) is 42.6 Å². The van der Waals surface area contributed by atoms with E-state index in [2.05, 4.69) is 38.8 Å². The Morgan fingerprint density at radius 1 is 0.943 bits per heavy atom. The Morgan fingerprint density at radius 3 is 2.43 bits per heavy atom. The van der Waals surface area contributed by atoms with Gasteiger partial charge in [0.05, 0.1) is 0 Å². The number of benzene rings is 2. The third-order valence-electron chi connectivity index (χ3n) is 7.34. The Bertz CT molecular complexity index is 1300. The van der Waals surface area contributed by atoms with E-state index in [1.165, 1.54) is 25.1 Å². The third-order valence-corrected chi connectivity index (χ3v) is 7.34. The van der Waals surface area contributed by atoms with Crippen molar-refractivity contribution in [2.75, 3.05) is 43.4 Å². The zero-order chi connectivity index (χ0) is 23.9. The molecular formula is C29H30FN5. The highest BCUT2D eigenvalue weighted by atomic mass is 19.1. The number of anilines is 2. The Labute approximate surface area is 205 Å². The van der Waals surface area contributed by atoms with Gasteiger partial charge in [-0.1, -0.05) is 30.8 Å². The lowest BCUT2D eigenvalue weighted by Crippen LogP contribution is -2.47. The van der Waals surface area contributed by atoms with Crippen LogP contribution in [0.15, 0.2) is 61.3 Å². The zero-order valence-corrected chi connectivity index (χ0v) is 19.8. The number of pyridine rings is 1. The van der Waals surface area contributed by atoms with Crippen LogP contribution in [0.2, 0.25) is 0 Å². The topological polar surface area (TPSA) is 57.4 Å². The quantitative estimate of drug-likeness (QED) is 0.505. The van der Waals surface area contributed by atoms with E-state index < -0.39 is 5.95 Å². The summed E-state index contributed by atoms with van der Waals surface area (Å²) < 4.78 is 14.9. The van der Waals surface area contributed by atoms with Crippen LogP contribution in [0.3, 0.4) is 0 Å². The summed E-state index contributed by atoms with van der Waals surface area (Å²) in [6.45, 7) is 9.58. The number of halogens is 1. The van der Waals surface area contributed by atoms with Crippen molar-refractivity contribution in [1.82, 2.24) is 15.2 Å². The number of piperazine rings is 1. The molecular weight excluding hydrogens is 437 g/mol. The molecule has 3 N–H and O–H groups in total. The number of nitrogens with one attached hydrogen (secondary N) is 1. The molecule has 178 valence electrons. The van der Waals surface area contributed by atoms with Crippen LogP contribution in [0.1, 0.15) is 24.0 Å². The largest absolute Gasteiger partial charge is 0.383 e. The SMILES string of the molecule is C=C1NC=Cc2cc(-c3cc(-c4ccc(N5CCN(CC6CC6)CC5)cc4)c(F)nc3N)ccc21. The second kappa shape index (κ2) is 8.86. The summed E-state index contributed by atoms with van der Waals surface area (Å²) in [5, 5.41) is 3.12. The summed E-state index contributed by atoms with van der Waals surface area (Å²) in [6, 6.07) is 16.0. The minimum atomic E-state index is -0.553. The second-order valence-electron chi connectivity index (χ2n) is 9.80. The minimum Gasteiger partial charge on any atom is -0.383 e. The van der Waals surface area contributed by atoms with Crippen molar-refractivity contribution >= 4 is 23.3 Å². The van der Waals surface area contributed by atoms with Crippen LogP contribution in [-0.2, 0) is 0 Å². The average molecular weight is 468 g/mol.